The van der Waals surface area contributed by atoms with Crippen molar-refractivity contribution in [2.24, 2.45) is 12.2 Å². The summed E-state index contributed by atoms with van der Waals surface area (Å²) in [4.78, 5) is 17.7. The summed E-state index contributed by atoms with van der Waals surface area (Å²) in [5, 5.41) is 12.5. The number of oxime groups is 1. The first kappa shape index (κ1) is 19.6. The molecule has 0 saturated carbocycles. The van der Waals surface area contributed by atoms with Crippen LogP contribution in [0.3, 0.4) is 0 Å². The molecule has 3 rings (SSSR count). The van der Waals surface area contributed by atoms with Crippen LogP contribution in [0, 0.1) is 6.92 Å². The number of hydrogen-bond acceptors (Lipinski definition) is 5. The lowest BCUT2D eigenvalue weighted by Gasteiger charge is -2.10. The van der Waals surface area contributed by atoms with Crippen LogP contribution in [0.5, 0.6) is 0 Å². The minimum atomic E-state index is -0.322. The van der Waals surface area contributed by atoms with Gasteiger partial charge in [0.2, 0.25) is 0 Å². The molecule has 0 N–H and O–H groups in total. The quantitative estimate of drug-likeness (QED) is 0.471. The average molecular weight is 398 g/mol. The lowest BCUT2D eigenvalue weighted by Crippen LogP contribution is -2.23. The van der Waals surface area contributed by atoms with Crippen LogP contribution in [0.2, 0.25) is 5.02 Å². The van der Waals surface area contributed by atoms with Crippen LogP contribution in [0.25, 0.3) is 11.8 Å². The second-order valence-electron chi connectivity index (χ2n) is 6.26. The minimum Gasteiger partial charge on any atom is -0.391 e. The molecule has 2 aromatic carbocycles. The van der Waals surface area contributed by atoms with Gasteiger partial charge in [-0.1, -0.05) is 47.1 Å². The number of benzene rings is 2. The summed E-state index contributed by atoms with van der Waals surface area (Å²) < 4.78 is 2.43. The summed E-state index contributed by atoms with van der Waals surface area (Å²) in [6, 6.07) is 13.1. The highest BCUT2D eigenvalue weighted by Gasteiger charge is 2.13. The normalized spacial score (nSPS) is 11.9. The molecule has 0 radical (unpaired) electrons. The van der Waals surface area contributed by atoms with Crippen molar-refractivity contribution < 1.29 is 4.84 Å². The number of rotatable bonds is 6. The molecule has 7 nitrogen and oxygen atoms in total. The zero-order valence-corrected chi connectivity index (χ0v) is 16.6. The number of hydrogen-bond donors (Lipinski definition) is 0. The molecule has 0 aliphatic heterocycles. The van der Waals surface area contributed by atoms with Crippen molar-refractivity contribution in [3.8, 4) is 5.69 Å². The zero-order chi connectivity index (χ0) is 20.1. The summed E-state index contributed by atoms with van der Waals surface area (Å²) in [7, 11) is 1.55. The number of aromatic nitrogens is 4. The van der Waals surface area contributed by atoms with E-state index in [1.54, 1.807) is 13.1 Å². The standard InChI is InChI=1S/C20H20ClN5O2/c1-14-5-4-6-19(26-20(27)25(3)23-24-26)18(14)13-28-22-15(2)7-8-16-9-11-17(21)12-10-16/h4-12H,13H2,1-3H3. The van der Waals surface area contributed by atoms with Crippen LogP contribution in [-0.4, -0.2) is 25.5 Å². The van der Waals surface area contributed by atoms with E-state index in [0.29, 0.717) is 16.4 Å². The van der Waals surface area contributed by atoms with Gasteiger partial charge in [0, 0.05) is 17.6 Å². The lowest BCUT2D eigenvalue weighted by atomic mass is 10.1. The van der Waals surface area contributed by atoms with Crippen LogP contribution in [0.15, 0.2) is 58.5 Å². The summed E-state index contributed by atoms with van der Waals surface area (Å²) in [6.07, 6.45) is 3.78. The van der Waals surface area contributed by atoms with E-state index >= 15 is 0 Å². The molecule has 0 atom stereocenters. The van der Waals surface area contributed by atoms with E-state index in [1.165, 1.54) is 9.36 Å². The van der Waals surface area contributed by atoms with Crippen LogP contribution in [0.1, 0.15) is 23.6 Å². The van der Waals surface area contributed by atoms with Gasteiger partial charge in [0.25, 0.3) is 0 Å². The van der Waals surface area contributed by atoms with Gasteiger partial charge in [-0.25, -0.2) is 4.79 Å². The number of aryl methyl sites for hydroxylation is 2. The first-order valence-corrected chi connectivity index (χ1v) is 9.01. The fourth-order valence-electron chi connectivity index (χ4n) is 2.56. The van der Waals surface area contributed by atoms with Gasteiger partial charge in [0.1, 0.15) is 6.61 Å². The van der Waals surface area contributed by atoms with E-state index < -0.39 is 0 Å². The number of halogens is 1. The molecule has 0 bridgehead atoms. The molecule has 0 aliphatic rings. The molecule has 0 amide bonds. The van der Waals surface area contributed by atoms with E-state index in [1.807, 2.05) is 62.4 Å². The Morgan fingerprint density at radius 2 is 1.96 bits per heavy atom. The van der Waals surface area contributed by atoms with Crippen LogP contribution >= 0.6 is 11.6 Å². The molecular formula is C20H20ClN5O2. The largest absolute Gasteiger partial charge is 0.391 e. The Kier molecular flexibility index (Phi) is 6.06. The third-order valence-electron chi connectivity index (χ3n) is 4.14. The van der Waals surface area contributed by atoms with E-state index in [0.717, 1.165) is 16.7 Å². The first-order chi connectivity index (χ1) is 13.5. The Labute approximate surface area is 167 Å². The summed E-state index contributed by atoms with van der Waals surface area (Å²) in [5.41, 5.74) is 3.83. The highest BCUT2D eigenvalue weighted by molar-refractivity contribution is 6.30. The third kappa shape index (κ3) is 4.55. The molecular weight excluding hydrogens is 378 g/mol. The van der Waals surface area contributed by atoms with E-state index in [9.17, 15) is 4.79 Å². The summed E-state index contributed by atoms with van der Waals surface area (Å²) in [5.74, 6) is 0. The molecule has 0 saturated heterocycles. The Bertz CT molecular complexity index is 1080. The average Bonchev–Trinajstić information content (AvgIpc) is 3.01. The molecule has 0 fully saturated rings. The zero-order valence-electron chi connectivity index (χ0n) is 15.8. The van der Waals surface area contributed by atoms with Crippen molar-refractivity contribution in [3.63, 3.8) is 0 Å². The van der Waals surface area contributed by atoms with Gasteiger partial charge in [0.05, 0.1) is 11.4 Å². The Morgan fingerprint density at radius 3 is 2.64 bits per heavy atom. The van der Waals surface area contributed by atoms with Crippen molar-refractivity contribution in [2.45, 2.75) is 20.5 Å². The molecule has 8 heteroatoms. The highest BCUT2D eigenvalue weighted by Crippen LogP contribution is 2.18. The van der Waals surface area contributed by atoms with Crippen LogP contribution in [0.4, 0.5) is 0 Å². The number of tetrazole rings is 1. The van der Waals surface area contributed by atoms with Crippen molar-refractivity contribution in [3.05, 3.63) is 80.7 Å². The van der Waals surface area contributed by atoms with Gasteiger partial charge in [-0.05, 0) is 59.7 Å². The monoisotopic (exact) mass is 397 g/mol. The molecule has 0 aliphatic carbocycles. The van der Waals surface area contributed by atoms with Crippen LogP contribution in [-0.2, 0) is 18.5 Å². The predicted octanol–water partition coefficient (Wildman–Crippen LogP) is 3.53. The van der Waals surface area contributed by atoms with Crippen molar-refractivity contribution in [1.29, 1.82) is 0 Å². The highest BCUT2D eigenvalue weighted by atomic mass is 35.5. The topological polar surface area (TPSA) is 74.3 Å². The van der Waals surface area contributed by atoms with Crippen LogP contribution < -0.4 is 5.69 Å². The molecule has 144 valence electrons. The first-order valence-electron chi connectivity index (χ1n) is 8.64. The van der Waals surface area contributed by atoms with E-state index in [4.69, 9.17) is 16.4 Å². The van der Waals surface area contributed by atoms with Crippen molar-refractivity contribution in [1.82, 2.24) is 19.8 Å². The van der Waals surface area contributed by atoms with Crippen molar-refractivity contribution >= 4 is 23.4 Å². The Morgan fingerprint density at radius 1 is 1.21 bits per heavy atom. The summed E-state index contributed by atoms with van der Waals surface area (Å²) >= 11 is 5.88. The van der Waals surface area contributed by atoms with Gasteiger partial charge in [-0.15, -0.1) is 0 Å². The molecule has 0 spiro atoms. The maximum Gasteiger partial charge on any atom is 0.368 e. The van der Waals surface area contributed by atoms with Gasteiger partial charge < -0.3 is 4.84 Å². The second kappa shape index (κ2) is 8.67. The predicted molar refractivity (Wildman–Crippen MR) is 110 cm³/mol. The SMILES string of the molecule is CC(C=Cc1ccc(Cl)cc1)=NOCc1c(C)cccc1-n1nnn(C)c1=O. The van der Waals surface area contributed by atoms with Crippen molar-refractivity contribution in [2.75, 3.05) is 0 Å². The van der Waals surface area contributed by atoms with Gasteiger partial charge in [-0.2, -0.15) is 9.36 Å². The lowest BCUT2D eigenvalue weighted by molar-refractivity contribution is 0.130. The number of nitrogens with zero attached hydrogens (tertiary/aromatic N) is 5. The second-order valence-corrected chi connectivity index (χ2v) is 6.70. The maximum atomic E-state index is 12.2. The summed E-state index contributed by atoms with van der Waals surface area (Å²) in [6.45, 7) is 4.00. The van der Waals surface area contributed by atoms with Gasteiger partial charge >= 0.3 is 5.69 Å². The fraction of sp³-hybridized carbons (Fsp3) is 0.200. The fourth-order valence-corrected chi connectivity index (χ4v) is 2.68. The Balaban J connectivity index is 1.74. The minimum absolute atomic E-state index is 0.206. The maximum absolute atomic E-state index is 12.2. The van der Waals surface area contributed by atoms with Gasteiger partial charge in [0.15, 0.2) is 0 Å². The molecule has 0 unspecified atom stereocenters. The molecule has 28 heavy (non-hydrogen) atoms. The molecule has 1 aromatic heterocycles. The number of allylic oxidation sites excluding steroid dienone is 1. The Hall–Kier alpha value is -3.19. The smallest absolute Gasteiger partial charge is 0.368 e. The molecule has 3 aromatic rings. The molecule has 1 heterocycles. The third-order valence-corrected chi connectivity index (χ3v) is 4.39. The van der Waals surface area contributed by atoms with Gasteiger partial charge in [-0.3, -0.25) is 0 Å². The van der Waals surface area contributed by atoms with E-state index in [-0.39, 0.29) is 12.3 Å². The van der Waals surface area contributed by atoms with E-state index in [2.05, 4.69) is 15.6 Å².